The van der Waals surface area contributed by atoms with E-state index >= 15 is 0 Å². The third-order valence-corrected chi connectivity index (χ3v) is 5.53. The van der Waals surface area contributed by atoms with Gasteiger partial charge in [0.25, 0.3) is 5.91 Å². The lowest BCUT2D eigenvalue weighted by molar-refractivity contribution is -0.137. The lowest BCUT2D eigenvalue weighted by Crippen LogP contribution is -2.35. The Balaban J connectivity index is 1.43. The molecule has 1 N–H and O–H groups in total. The van der Waals surface area contributed by atoms with Crippen LogP contribution >= 0.6 is 0 Å². The van der Waals surface area contributed by atoms with Crippen LogP contribution in [0.5, 0.6) is 5.75 Å². The van der Waals surface area contributed by atoms with E-state index in [1.54, 1.807) is 35.3 Å². The number of benzene rings is 2. The molecule has 1 aliphatic rings. The first kappa shape index (κ1) is 21.7. The molecule has 34 heavy (non-hydrogen) atoms. The number of alkyl halides is 3. The summed E-state index contributed by atoms with van der Waals surface area (Å²) in [5.41, 5.74) is 3.18. The highest BCUT2D eigenvalue weighted by atomic mass is 19.4. The molecule has 0 spiro atoms. The van der Waals surface area contributed by atoms with E-state index in [4.69, 9.17) is 4.74 Å². The largest absolute Gasteiger partial charge is 0.489 e. The van der Waals surface area contributed by atoms with E-state index in [-0.39, 0.29) is 12.5 Å². The number of hydrogen-bond acceptors (Lipinski definition) is 4. The minimum Gasteiger partial charge on any atom is -0.489 e. The Morgan fingerprint density at radius 3 is 2.50 bits per heavy atom. The second kappa shape index (κ2) is 8.66. The van der Waals surface area contributed by atoms with Crippen LogP contribution in [0.1, 0.15) is 21.6 Å². The number of carbonyl (C=O) groups is 1. The molecule has 9 heteroatoms. The Labute approximate surface area is 193 Å². The average molecular weight is 464 g/mol. The van der Waals surface area contributed by atoms with Gasteiger partial charge < -0.3 is 10.1 Å². The summed E-state index contributed by atoms with van der Waals surface area (Å²) < 4.78 is 46.2. The van der Waals surface area contributed by atoms with Crippen molar-refractivity contribution in [2.45, 2.75) is 19.3 Å². The monoisotopic (exact) mass is 464 g/mol. The molecular formula is C25H19F3N4O2. The number of carbonyl (C=O) groups excluding carboxylic acids is 1. The summed E-state index contributed by atoms with van der Waals surface area (Å²) >= 11 is 0. The average Bonchev–Trinajstić information content (AvgIpc) is 3.24. The van der Waals surface area contributed by atoms with Crippen LogP contribution in [-0.2, 0) is 19.3 Å². The van der Waals surface area contributed by atoms with Gasteiger partial charge in [-0.15, -0.1) is 0 Å². The van der Waals surface area contributed by atoms with Crippen molar-refractivity contribution in [2.24, 2.45) is 0 Å². The molecule has 6 nitrogen and oxygen atoms in total. The molecule has 0 fully saturated rings. The van der Waals surface area contributed by atoms with E-state index in [0.29, 0.717) is 41.4 Å². The number of nitrogens with zero attached hydrogens (tertiary/aromatic N) is 3. The SMILES string of the molecule is O=C1NCCn2nc(-c3ccncc3)c(-c3ccc(OCc4cccc(C(F)(F)F)c4)cc3)c21. The van der Waals surface area contributed by atoms with E-state index in [1.165, 1.54) is 6.07 Å². The summed E-state index contributed by atoms with van der Waals surface area (Å²) in [6.07, 6.45) is -1.06. The number of pyridine rings is 1. The van der Waals surface area contributed by atoms with Gasteiger partial charge in [-0.3, -0.25) is 14.5 Å². The number of aromatic nitrogens is 3. The van der Waals surface area contributed by atoms with E-state index in [2.05, 4.69) is 15.4 Å². The van der Waals surface area contributed by atoms with Crippen LogP contribution in [-0.4, -0.2) is 27.2 Å². The molecule has 0 saturated carbocycles. The highest BCUT2D eigenvalue weighted by molar-refractivity contribution is 6.03. The fourth-order valence-electron chi connectivity index (χ4n) is 3.92. The predicted molar refractivity (Wildman–Crippen MR) is 119 cm³/mol. The van der Waals surface area contributed by atoms with Crippen molar-refractivity contribution < 1.29 is 22.7 Å². The summed E-state index contributed by atoms with van der Waals surface area (Å²) in [7, 11) is 0. The highest BCUT2D eigenvalue weighted by Gasteiger charge is 2.30. The lowest BCUT2D eigenvalue weighted by Gasteiger charge is -2.15. The number of rotatable bonds is 5. The van der Waals surface area contributed by atoms with Gasteiger partial charge in [0.05, 0.1) is 12.1 Å². The maximum atomic E-state index is 12.9. The molecule has 0 radical (unpaired) electrons. The van der Waals surface area contributed by atoms with Gasteiger partial charge in [-0.1, -0.05) is 24.3 Å². The molecule has 0 bridgehead atoms. The van der Waals surface area contributed by atoms with Crippen LogP contribution in [0, 0.1) is 0 Å². The van der Waals surface area contributed by atoms with Gasteiger partial charge >= 0.3 is 6.18 Å². The summed E-state index contributed by atoms with van der Waals surface area (Å²) in [6.45, 7) is 1.07. The maximum Gasteiger partial charge on any atom is 0.416 e. The molecule has 0 unspecified atom stereocenters. The van der Waals surface area contributed by atoms with Gasteiger partial charge in [0.15, 0.2) is 0 Å². The van der Waals surface area contributed by atoms with Crippen LogP contribution in [0.15, 0.2) is 73.1 Å². The van der Waals surface area contributed by atoms with Crippen molar-refractivity contribution in [3.8, 4) is 28.1 Å². The van der Waals surface area contributed by atoms with E-state index in [0.717, 1.165) is 23.3 Å². The molecule has 1 amide bonds. The highest BCUT2D eigenvalue weighted by Crippen LogP contribution is 2.36. The van der Waals surface area contributed by atoms with Gasteiger partial charge in [-0.2, -0.15) is 18.3 Å². The first-order chi connectivity index (χ1) is 16.4. The number of halogens is 3. The maximum absolute atomic E-state index is 12.9. The standard InChI is InChI=1S/C25H19F3N4O2/c26-25(27,28)19-3-1-2-16(14-19)15-34-20-6-4-17(5-7-20)21-22(18-8-10-29-11-9-18)31-32-13-12-30-24(33)23(21)32/h1-11,14H,12-13,15H2,(H,30,33). The molecular weight excluding hydrogens is 445 g/mol. The summed E-state index contributed by atoms with van der Waals surface area (Å²) in [6, 6.07) is 15.8. The molecule has 4 aromatic rings. The molecule has 5 rings (SSSR count). The number of hydrogen-bond donors (Lipinski definition) is 1. The molecule has 0 aliphatic carbocycles. The zero-order chi connectivity index (χ0) is 23.7. The first-order valence-electron chi connectivity index (χ1n) is 10.6. The van der Waals surface area contributed by atoms with Crippen LogP contribution in [0.4, 0.5) is 13.2 Å². The predicted octanol–water partition coefficient (Wildman–Crippen LogP) is 4.95. The summed E-state index contributed by atoms with van der Waals surface area (Å²) in [5, 5.41) is 7.54. The van der Waals surface area contributed by atoms with Crippen molar-refractivity contribution in [3.63, 3.8) is 0 Å². The third-order valence-electron chi connectivity index (χ3n) is 5.53. The minimum absolute atomic E-state index is 0.00286. The lowest BCUT2D eigenvalue weighted by atomic mass is 9.98. The second-order valence-corrected chi connectivity index (χ2v) is 7.80. The molecule has 1 aliphatic heterocycles. The fourth-order valence-corrected chi connectivity index (χ4v) is 3.92. The Kier molecular flexibility index (Phi) is 5.53. The Morgan fingerprint density at radius 2 is 1.76 bits per heavy atom. The number of ether oxygens (including phenoxy) is 1. The number of fused-ring (bicyclic) bond motifs is 1. The van der Waals surface area contributed by atoms with Gasteiger partial charge in [-0.05, 0) is 47.5 Å². The molecule has 172 valence electrons. The second-order valence-electron chi connectivity index (χ2n) is 7.80. The van der Waals surface area contributed by atoms with Gasteiger partial charge in [0.1, 0.15) is 23.7 Å². The molecule has 0 saturated heterocycles. The van der Waals surface area contributed by atoms with Gasteiger partial charge in [0.2, 0.25) is 0 Å². The van der Waals surface area contributed by atoms with Crippen molar-refractivity contribution in [1.82, 2.24) is 20.1 Å². The smallest absolute Gasteiger partial charge is 0.416 e. The van der Waals surface area contributed by atoms with Crippen LogP contribution < -0.4 is 10.1 Å². The van der Waals surface area contributed by atoms with Gasteiger partial charge in [-0.25, -0.2) is 0 Å². The van der Waals surface area contributed by atoms with E-state index < -0.39 is 11.7 Å². The topological polar surface area (TPSA) is 69.0 Å². The van der Waals surface area contributed by atoms with Crippen LogP contribution in [0.25, 0.3) is 22.4 Å². The first-order valence-corrected chi connectivity index (χ1v) is 10.6. The Morgan fingerprint density at radius 1 is 1.00 bits per heavy atom. The van der Waals surface area contributed by atoms with Crippen molar-refractivity contribution in [2.75, 3.05) is 6.54 Å². The van der Waals surface area contributed by atoms with E-state index in [1.807, 2.05) is 24.3 Å². The molecule has 2 aromatic heterocycles. The van der Waals surface area contributed by atoms with Crippen molar-refractivity contribution >= 4 is 5.91 Å². The fraction of sp³-hybridized carbons (Fsp3) is 0.160. The van der Waals surface area contributed by atoms with E-state index in [9.17, 15) is 18.0 Å². The zero-order valence-corrected chi connectivity index (χ0v) is 17.8. The molecule has 2 aromatic carbocycles. The minimum atomic E-state index is -4.40. The summed E-state index contributed by atoms with van der Waals surface area (Å²) in [5.74, 6) is 0.302. The normalized spacial score (nSPS) is 13.3. The summed E-state index contributed by atoms with van der Waals surface area (Å²) in [4.78, 5) is 16.7. The quantitative estimate of drug-likeness (QED) is 0.454. The van der Waals surface area contributed by atoms with Crippen LogP contribution in [0.3, 0.4) is 0 Å². The number of amides is 1. The molecule has 0 atom stereocenters. The molecule has 3 heterocycles. The van der Waals surface area contributed by atoms with Crippen LogP contribution in [0.2, 0.25) is 0 Å². The Bertz CT molecular complexity index is 1330. The van der Waals surface area contributed by atoms with Crippen molar-refractivity contribution in [1.29, 1.82) is 0 Å². The number of nitrogens with one attached hydrogen (secondary N) is 1. The van der Waals surface area contributed by atoms with Gasteiger partial charge in [0, 0.05) is 30.1 Å². The van der Waals surface area contributed by atoms with Crippen molar-refractivity contribution in [3.05, 3.63) is 89.9 Å². The zero-order valence-electron chi connectivity index (χ0n) is 17.8. The third kappa shape index (κ3) is 4.24. The Hall–Kier alpha value is -4.14.